The monoisotopic (exact) mass is 487 g/mol. The van der Waals surface area contributed by atoms with E-state index < -0.39 is 22.0 Å². The second kappa shape index (κ2) is 10.6. The summed E-state index contributed by atoms with van der Waals surface area (Å²) in [6, 6.07) is 9.17. The predicted molar refractivity (Wildman–Crippen MR) is 133 cm³/mol. The lowest BCUT2D eigenvalue weighted by atomic mass is 10.0. The Balaban J connectivity index is 1.84. The number of rotatable bonds is 9. The second-order valence-corrected chi connectivity index (χ2v) is 10.6. The van der Waals surface area contributed by atoms with Crippen molar-refractivity contribution in [3.63, 3.8) is 0 Å². The number of sulfonamides is 1. The van der Waals surface area contributed by atoms with Gasteiger partial charge in [0.15, 0.2) is 0 Å². The lowest BCUT2D eigenvalue weighted by Gasteiger charge is -2.21. The first-order valence-electron chi connectivity index (χ1n) is 11.5. The lowest BCUT2D eigenvalue weighted by molar-refractivity contribution is -0.118. The van der Waals surface area contributed by atoms with E-state index in [2.05, 4.69) is 10.0 Å². The number of fused-ring (bicyclic) bond motifs is 1. The van der Waals surface area contributed by atoms with Crippen LogP contribution in [0.25, 0.3) is 0 Å². The topological polar surface area (TPSA) is 105 Å². The maximum atomic E-state index is 13.2. The van der Waals surface area contributed by atoms with E-state index in [1.54, 1.807) is 36.1 Å². The summed E-state index contributed by atoms with van der Waals surface area (Å²) in [6.45, 7) is 8.09. The molecule has 0 unspecified atom stereocenters. The maximum Gasteiger partial charge on any atom is 0.242 e. The minimum absolute atomic E-state index is 0.00716. The van der Waals surface area contributed by atoms with Gasteiger partial charge >= 0.3 is 0 Å². The summed E-state index contributed by atoms with van der Waals surface area (Å²) in [6.07, 6.45) is 1.30. The third-order valence-corrected chi connectivity index (χ3v) is 7.26. The summed E-state index contributed by atoms with van der Waals surface area (Å²) in [4.78, 5) is 27.0. The molecule has 34 heavy (non-hydrogen) atoms. The number of benzene rings is 2. The molecule has 9 heteroatoms. The number of methoxy groups -OCH3 is 1. The van der Waals surface area contributed by atoms with Gasteiger partial charge in [0.25, 0.3) is 0 Å². The Morgan fingerprint density at radius 2 is 1.88 bits per heavy atom. The van der Waals surface area contributed by atoms with Crippen LogP contribution in [0.4, 0.5) is 11.4 Å². The molecule has 0 radical (unpaired) electrons. The molecule has 0 fully saturated rings. The molecule has 0 aromatic heterocycles. The van der Waals surface area contributed by atoms with Crippen LogP contribution in [0.15, 0.2) is 41.3 Å². The van der Waals surface area contributed by atoms with E-state index in [1.165, 1.54) is 13.2 Å². The zero-order valence-corrected chi connectivity index (χ0v) is 21.2. The predicted octanol–water partition coefficient (Wildman–Crippen LogP) is 3.63. The first-order valence-corrected chi connectivity index (χ1v) is 12.9. The van der Waals surface area contributed by atoms with Crippen molar-refractivity contribution in [1.82, 2.24) is 4.72 Å². The molecule has 0 bridgehead atoms. The SMILES string of the molecule is CCC(=O)N1CCc2cc(S(=O)(=O)N[C@H](CC(C)C)C(=O)Nc3cc(C)ccc3OC)ccc21. The van der Waals surface area contributed by atoms with Crippen molar-refractivity contribution in [3.05, 3.63) is 47.5 Å². The van der Waals surface area contributed by atoms with Gasteiger partial charge in [0, 0.05) is 18.7 Å². The van der Waals surface area contributed by atoms with Crippen LogP contribution in [-0.2, 0) is 26.0 Å². The van der Waals surface area contributed by atoms with E-state index in [9.17, 15) is 18.0 Å². The van der Waals surface area contributed by atoms with E-state index in [0.29, 0.717) is 37.2 Å². The number of hydrogen-bond acceptors (Lipinski definition) is 5. The molecule has 0 aliphatic carbocycles. The van der Waals surface area contributed by atoms with Gasteiger partial charge in [0.1, 0.15) is 11.8 Å². The van der Waals surface area contributed by atoms with Gasteiger partial charge in [-0.05, 0) is 67.1 Å². The van der Waals surface area contributed by atoms with Gasteiger partial charge in [-0.2, -0.15) is 4.72 Å². The summed E-state index contributed by atoms with van der Waals surface area (Å²) < 4.78 is 34.4. The lowest BCUT2D eigenvalue weighted by Crippen LogP contribution is -2.44. The van der Waals surface area contributed by atoms with Crippen LogP contribution in [0.1, 0.15) is 44.7 Å². The van der Waals surface area contributed by atoms with E-state index in [-0.39, 0.29) is 16.7 Å². The van der Waals surface area contributed by atoms with Crippen LogP contribution < -0.4 is 19.7 Å². The van der Waals surface area contributed by atoms with Crippen molar-refractivity contribution < 1.29 is 22.7 Å². The molecule has 1 atom stereocenters. The highest BCUT2D eigenvalue weighted by molar-refractivity contribution is 7.89. The number of nitrogens with one attached hydrogen (secondary N) is 2. The quantitative estimate of drug-likeness (QED) is 0.562. The van der Waals surface area contributed by atoms with Crippen molar-refractivity contribution in [3.8, 4) is 5.75 Å². The molecule has 3 rings (SSSR count). The van der Waals surface area contributed by atoms with E-state index in [4.69, 9.17) is 4.74 Å². The molecular weight excluding hydrogens is 454 g/mol. The summed E-state index contributed by atoms with van der Waals surface area (Å²) in [5.41, 5.74) is 2.97. The van der Waals surface area contributed by atoms with Gasteiger partial charge in [-0.15, -0.1) is 0 Å². The molecule has 0 saturated heterocycles. The average Bonchev–Trinajstić information content (AvgIpc) is 3.21. The fourth-order valence-electron chi connectivity index (χ4n) is 4.07. The summed E-state index contributed by atoms with van der Waals surface area (Å²) in [5.74, 6) is 0.121. The minimum Gasteiger partial charge on any atom is -0.495 e. The summed E-state index contributed by atoms with van der Waals surface area (Å²) >= 11 is 0. The van der Waals surface area contributed by atoms with Gasteiger partial charge in [-0.25, -0.2) is 8.42 Å². The van der Waals surface area contributed by atoms with Crippen LogP contribution >= 0.6 is 0 Å². The molecular formula is C25H33N3O5S. The van der Waals surface area contributed by atoms with Crippen molar-refractivity contribution in [1.29, 1.82) is 0 Å². The molecule has 0 saturated carbocycles. The highest BCUT2D eigenvalue weighted by Gasteiger charge is 2.30. The van der Waals surface area contributed by atoms with Crippen molar-refractivity contribution in [2.24, 2.45) is 5.92 Å². The van der Waals surface area contributed by atoms with Gasteiger partial charge in [0.05, 0.1) is 17.7 Å². The number of ether oxygens (including phenoxy) is 1. The molecule has 0 spiro atoms. The molecule has 2 aromatic rings. The Morgan fingerprint density at radius 1 is 1.15 bits per heavy atom. The van der Waals surface area contributed by atoms with Crippen molar-refractivity contribution in [2.75, 3.05) is 23.9 Å². The fourth-order valence-corrected chi connectivity index (χ4v) is 5.33. The minimum atomic E-state index is -3.98. The zero-order chi connectivity index (χ0) is 25.0. The smallest absolute Gasteiger partial charge is 0.242 e. The van der Waals surface area contributed by atoms with Crippen molar-refractivity contribution in [2.45, 2.75) is 57.9 Å². The van der Waals surface area contributed by atoms with Crippen molar-refractivity contribution >= 4 is 33.2 Å². The average molecular weight is 488 g/mol. The molecule has 2 aromatic carbocycles. The van der Waals surface area contributed by atoms with Crippen LogP contribution in [0, 0.1) is 12.8 Å². The molecule has 1 aliphatic heterocycles. The number of aryl methyl sites for hydroxylation is 1. The zero-order valence-electron chi connectivity index (χ0n) is 20.3. The standard InChI is InChI=1S/C25H33N3O5S/c1-6-24(29)28-12-11-18-15-19(8-9-22(18)28)34(31,32)27-21(13-16(2)3)25(30)26-20-14-17(4)7-10-23(20)33-5/h7-10,14-16,21,27H,6,11-13H2,1-5H3,(H,26,30)/t21-/m1/s1. The van der Waals surface area contributed by atoms with E-state index >= 15 is 0 Å². The number of anilines is 2. The number of hydrogen-bond donors (Lipinski definition) is 2. The Morgan fingerprint density at radius 3 is 2.53 bits per heavy atom. The van der Waals surface area contributed by atoms with Gasteiger partial charge < -0.3 is 15.0 Å². The van der Waals surface area contributed by atoms with Gasteiger partial charge in [-0.3, -0.25) is 9.59 Å². The summed E-state index contributed by atoms with van der Waals surface area (Å²) in [7, 11) is -2.47. The normalized spacial score (nSPS) is 14.1. The third-order valence-electron chi connectivity index (χ3n) is 5.79. The molecule has 1 aliphatic rings. The highest BCUT2D eigenvalue weighted by atomic mass is 32.2. The Hall–Kier alpha value is -2.91. The highest BCUT2D eigenvalue weighted by Crippen LogP contribution is 2.31. The van der Waals surface area contributed by atoms with Gasteiger partial charge in [-0.1, -0.05) is 26.8 Å². The molecule has 2 amide bonds. The largest absolute Gasteiger partial charge is 0.495 e. The number of carbonyl (C=O) groups is 2. The number of amides is 2. The molecule has 8 nitrogen and oxygen atoms in total. The third kappa shape index (κ3) is 5.77. The first-order chi connectivity index (χ1) is 16.1. The summed E-state index contributed by atoms with van der Waals surface area (Å²) in [5, 5.41) is 2.81. The molecule has 1 heterocycles. The van der Waals surface area contributed by atoms with Crippen LogP contribution in [0.3, 0.4) is 0 Å². The molecule has 2 N–H and O–H groups in total. The number of nitrogens with zero attached hydrogens (tertiary/aromatic N) is 1. The second-order valence-electron chi connectivity index (χ2n) is 8.94. The van der Waals surface area contributed by atoms with E-state index in [1.807, 2.05) is 26.8 Å². The van der Waals surface area contributed by atoms with Crippen LogP contribution in [0.5, 0.6) is 5.75 Å². The van der Waals surface area contributed by atoms with Gasteiger partial charge in [0.2, 0.25) is 21.8 Å². The first kappa shape index (κ1) is 25.7. The Bertz CT molecular complexity index is 1180. The van der Waals surface area contributed by atoms with Crippen LogP contribution in [-0.4, -0.2) is 39.9 Å². The molecule has 184 valence electrons. The Labute approximate surface area is 201 Å². The van der Waals surface area contributed by atoms with Crippen LogP contribution in [0.2, 0.25) is 0 Å². The maximum absolute atomic E-state index is 13.2. The number of carbonyl (C=O) groups excluding carboxylic acids is 2. The fraction of sp³-hybridized carbons (Fsp3) is 0.440. The van der Waals surface area contributed by atoms with E-state index in [0.717, 1.165) is 16.8 Å². The Kier molecular flexibility index (Phi) is 7.99.